The lowest BCUT2D eigenvalue weighted by molar-refractivity contribution is -0.126. The van der Waals surface area contributed by atoms with E-state index in [0.29, 0.717) is 11.5 Å². The number of amides is 1. The molecule has 2 aromatic rings. The zero-order valence-electron chi connectivity index (χ0n) is 15.3. The van der Waals surface area contributed by atoms with E-state index in [1.54, 1.807) is 31.4 Å². The number of benzene rings is 2. The number of hydrogen-bond acceptors (Lipinski definition) is 4. The maximum absolute atomic E-state index is 12.7. The van der Waals surface area contributed by atoms with Crippen LogP contribution in [0, 0.1) is 11.3 Å². The van der Waals surface area contributed by atoms with Gasteiger partial charge in [0, 0.05) is 12.6 Å². The Kier molecular flexibility index (Phi) is 6.11. The molecule has 0 aliphatic carbocycles. The Bertz CT molecular complexity index is 856. The van der Waals surface area contributed by atoms with Crippen molar-refractivity contribution in [2.45, 2.75) is 18.9 Å². The highest BCUT2D eigenvalue weighted by atomic mass is 16.5. The van der Waals surface area contributed by atoms with E-state index >= 15 is 0 Å². The van der Waals surface area contributed by atoms with Gasteiger partial charge >= 0.3 is 0 Å². The zero-order chi connectivity index (χ0) is 19.1. The van der Waals surface area contributed by atoms with Crippen LogP contribution in [0.4, 0.5) is 0 Å². The molecule has 3 rings (SSSR count). The molecule has 1 aliphatic heterocycles. The quantitative estimate of drug-likeness (QED) is 0.730. The third kappa shape index (κ3) is 4.48. The van der Waals surface area contributed by atoms with Crippen LogP contribution in [0.1, 0.15) is 30.0 Å². The normalized spacial score (nSPS) is 16.3. The number of nitrogens with zero attached hydrogens (tertiary/aromatic N) is 2. The molecule has 1 atom stereocenters. The number of rotatable bonds is 6. The van der Waals surface area contributed by atoms with E-state index in [2.05, 4.69) is 12.1 Å². The Balaban J connectivity index is 1.72. The number of ether oxygens (including phenoxy) is 2. The first-order valence-corrected chi connectivity index (χ1v) is 8.94. The summed E-state index contributed by atoms with van der Waals surface area (Å²) < 4.78 is 10.6. The molecule has 1 amide bonds. The fraction of sp³-hybridized carbons (Fsp3) is 0.273. The van der Waals surface area contributed by atoms with Gasteiger partial charge in [-0.3, -0.25) is 4.79 Å². The van der Waals surface area contributed by atoms with E-state index in [9.17, 15) is 4.79 Å². The Morgan fingerprint density at radius 3 is 2.81 bits per heavy atom. The average molecular weight is 362 g/mol. The number of carbonyl (C=O) groups excluding carboxylic acids is 1. The van der Waals surface area contributed by atoms with Crippen molar-refractivity contribution in [2.75, 3.05) is 20.3 Å². The van der Waals surface area contributed by atoms with Gasteiger partial charge in [0.2, 0.25) is 5.91 Å². The van der Waals surface area contributed by atoms with Crippen LogP contribution in [0.15, 0.2) is 54.6 Å². The molecule has 0 saturated carbocycles. The Morgan fingerprint density at radius 2 is 2.07 bits per heavy atom. The fourth-order valence-corrected chi connectivity index (χ4v) is 3.33. The monoisotopic (exact) mass is 362 g/mol. The molecule has 1 unspecified atom stereocenters. The van der Waals surface area contributed by atoms with Gasteiger partial charge < -0.3 is 14.4 Å². The fourth-order valence-electron chi connectivity index (χ4n) is 3.33. The van der Waals surface area contributed by atoms with Crippen LogP contribution in [0.3, 0.4) is 0 Å². The second-order valence-corrected chi connectivity index (χ2v) is 6.29. The van der Waals surface area contributed by atoms with Gasteiger partial charge in [-0.2, -0.15) is 5.26 Å². The minimum absolute atomic E-state index is 0.00475. The van der Waals surface area contributed by atoms with Crippen LogP contribution in [0.2, 0.25) is 0 Å². The molecule has 1 fully saturated rings. The van der Waals surface area contributed by atoms with Crippen molar-refractivity contribution in [3.63, 3.8) is 0 Å². The summed E-state index contributed by atoms with van der Waals surface area (Å²) in [5.41, 5.74) is 2.01. The second-order valence-electron chi connectivity index (χ2n) is 6.29. The van der Waals surface area contributed by atoms with Crippen LogP contribution < -0.4 is 9.47 Å². The Morgan fingerprint density at radius 1 is 1.26 bits per heavy atom. The summed E-state index contributed by atoms with van der Waals surface area (Å²) in [5.74, 6) is 1.04. The van der Waals surface area contributed by atoms with Gasteiger partial charge in [-0.05, 0) is 42.2 Å². The molecule has 5 nitrogen and oxygen atoms in total. The number of carbonyl (C=O) groups is 1. The topological polar surface area (TPSA) is 62.6 Å². The van der Waals surface area contributed by atoms with Crippen molar-refractivity contribution in [1.82, 2.24) is 4.90 Å². The summed E-state index contributed by atoms with van der Waals surface area (Å²) in [5, 5.41) is 8.63. The van der Waals surface area contributed by atoms with E-state index in [1.165, 1.54) is 5.56 Å². The maximum Gasteiger partial charge on any atom is 0.247 e. The lowest BCUT2D eigenvalue weighted by Gasteiger charge is -2.23. The molecule has 0 radical (unpaired) electrons. The van der Waals surface area contributed by atoms with E-state index in [4.69, 9.17) is 14.7 Å². The predicted molar refractivity (Wildman–Crippen MR) is 103 cm³/mol. The summed E-state index contributed by atoms with van der Waals surface area (Å²) >= 11 is 0. The number of hydrogen-bond donors (Lipinski definition) is 0. The highest BCUT2D eigenvalue weighted by molar-refractivity contribution is 5.92. The maximum atomic E-state index is 12.7. The zero-order valence-corrected chi connectivity index (χ0v) is 15.3. The molecule has 138 valence electrons. The van der Waals surface area contributed by atoms with Gasteiger partial charge in [-0.15, -0.1) is 0 Å². The third-order valence-corrected chi connectivity index (χ3v) is 4.62. The molecule has 0 aromatic heterocycles. The van der Waals surface area contributed by atoms with Gasteiger partial charge in [0.25, 0.3) is 0 Å². The molecule has 5 heteroatoms. The first kappa shape index (κ1) is 18.5. The summed E-state index contributed by atoms with van der Waals surface area (Å²) in [7, 11) is 1.54. The van der Waals surface area contributed by atoms with Crippen LogP contribution in [-0.4, -0.2) is 31.1 Å². The summed E-state index contributed by atoms with van der Waals surface area (Å²) in [6, 6.07) is 17.6. The van der Waals surface area contributed by atoms with Gasteiger partial charge in [-0.25, -0.2) is 0 Å². The molecule has 0 spiro atoms. The van der Waals surface area contributed by atoms with Gasteiger partial charge in [0.15, 0.2) is 18.1 Å². The van der Waals surface area contributed by atoms with Crippen molar-refractivity contribution in [3.05, 3.63) is 65.7 Å². The van der Waals surface area contributed by atoms with E-state index in [1.807, 2.05) is 35.2 Å². The summed E-state index contributed by atoms with van der Waals surface area (Å²) in [4.78, 5) is 14.6. The van der Waals surface area contributed by atoms with Crippen LogP contribution in [0.5, 0.6) is 11.5 Å². The van der Waals surface area contributed by atoms with Crippen molar-refractivity contribution in [1.29, 1.82) is 5.26 Å². The molecule has 0 bridgehead atoms. The van der Waals surface area contributed by atoms with Crippen molar-refractivity contribution < 1.29 is 14.3 Å². The van der Waals surface area contributed by atoms with Crippen molar-refractivity contribution in [2.24, 2.45) is 0 Å². The summed E-state index contributed by atoms with van der Waals surface area (Å²) in [6.07, 6.45) is 5.38. The van der Waals surface area contributed by atoms with E-state index in [0.717, 1.165) is 24.9 Å². The van der Waals surface area contributed by atoms with Crippen LogP contribution >= 0.6 is 0 Å². The highest BCUT2D eigenvalue weighted by Crippen LogP contribution is 2.32. The number of likely N-dealkylation sites (tertiary alicyclic amines) is 1. The SMILES string of the molecule is COc1cc(/C=C/C(=O)N2CCCC2c2ccccc2)ccc1OCC#N. The van der Waals surface area contributed by atoms with Crippen molar-refractivity contribution >= 4 is 12.0 Å². The smallest absolute Gasteiger partial charge is 0.247 e. The lowest BCUT2D eigenvalue weighted by Crippen LogP contribution is -2.28. The van der Waals surface area contributed by atoms with E-state index in [-0.39, 0.29) is 18.6 Å². The first-order chi connectivity index (χ1) is 13.2. The number of nitriles is 1. The molecule has 2 aromatic carbocycles. The standard InChI is InChI=1S/C22H22N2O3/c1-26-21-16-17(9-11-20(21)27-15-13-23)10-12-22(25)24-14-5-8-19(24)18-6-3-2-4-7-18/h2-4,6-7,9-12,16,19H,5,8,14-15H2,1H3/b12-10+. The van der Waals surface area contributed by atoms with Crippen molar-refractivity contribution in [3.8, 4) is 17.6 Å². The van der Waals surface area contributed by atoms with E-state index < -0.39 is 0 Å². The number of methoxy groups -OCH3 is 1. The minimum atomic E-state index is -0.0418. The molecule has 0 N–H and O–H groups in total. The Hall–Kier alpha value is -3.26. The molecule has 1 aliphatic rings. The third-order valence-electron chi connectivity index (χ3n) is 4.62. The molecule has 27 heavy (non-hydrogen) atoms. The first-order valence-electron chi connectivity index (χ1n) is 8.94. The molecular formula is C22H22N2O3. The molecular weight excluding hydrogens is 340 g/mol. The second kappa shape index (κ2) is 8.91. The average Bonchev–Trinajstić information content (AvgIpc) is 3.21. The molecule has 1 saturated heterocycles. The predicted octanol–water partition coefficient (Wildman–Crippen LogP) is 3.97. The Labute approximate surface area is 159 Å². The molecule has 1 heterocycles. The largest absolute Gasteiger partial charge is 0.493 e. The minimum Gasteiger partial charge on any atom is -0.493 e. The highest BCUT2D eigenvalue weighted by Gasteiger charge is 2.28. The lowest BCUT2D eigenvalue weighted by atomic mass is 10.0. The van der Waals surface area contributed by atoms with Gasteiger partial charge in [-0.1, -0.05) is 36.4 Å². The van der Waals surface area contributed by atoms with Gasteiger partial charge in [0.1, 0.15) is 6.07 Å². The van der Waals surface area contributed by atoms with Crippen LogP contribution in [0.25, 0.3) is 6.08 Å². The van der Waals surface area contributed by atoms with Gasteiger partial charge in [0.05, 0.1) is 13.2 Å². The van der Waals surface area contributed by atoms with Crippen LogP contribution in [-0.2, 0) is 4.79 Å². The summed E-state index contributed by atoms with van der Waals surface area (Å²) in [6.45, 7) is 0.729.